The van der Waals surface area contributed by atoms with Crippen LogP contribution < -0.4 is 9.47 Å². The van der Waals surface area contributed by atoms with E-state index in [-0.39, 0.29) is 34.3 Å². The molecule has 1 aliphatic rings. The summed E-state index contributed by atoms with van der Waals surface area (Å²) in [4.78, 5) is 36.2. The summed E-state index contributed by atoms with van der Waals surface area (Å²) in [6.07, 6.45) is 0.952. The molecule has 1 aliphatic carbocycles. The van der Waals surface area contributed by atoms with Crippen molar-refractivity contribution in [2.75, 3.05) is 0 Å². The van der Waals surface area contributed by atoms with Gasteiger partial charge < -0.3 is 14.2 Å². The highest BCUT2D eigenvalue weighted by Crippen LogP contribution is 2.36. The van der Waals surface area contributed by atoms with Gasteiger partial charge in [0.15, 0.2) is 11.5 Å². The average molecular weight is 541 g/mol. The molecule has 1 atom stereocenters. The van der Waals surface area contributed by atoms with Crippen molar-refractivity contribution in [2.45, 2.75) is 39.7 Å². The van der Waals surface area contributed by atoms with Crippen LogP contribution in [-0.2, 0) is 32.0 Å². The molecule has 0 aliphatic heterocycles. The van der Waals surface area contributed by atoms with Gasteiger partial charge in [-0.05, 0) is 66.8 Å². The summed E-state index contributed by atoms with van der Waals surface area (Å²) in [5, 5.41) is 0. The molecule has 40 heavy (non-hydrogen) atoms. The Morgan fingerprint density at radius 1 is 0.675 bits per heavy atom. The highest BCUT2D eigenvalue weighted by atomic mass is 19.1. The molecule has 0 fully saturated rings. The predicted octanol–water partition coefficient (Wildman–Crippen LogP) is 6.71. The molecule has 0 aromatic heterocycles. The van der Waals surface area contributed by atoms with Crippen LogP contribution in [0, 0.1) is 5.82 Å². The fourth-order valence-electron chi connectivity index (χ4n) is 4.24. The molecular formula is C33H29FO6. The van der Waals surface area contributed by atoms with Crippen molar-refractivity contribution < 1.29 is 33.0 Å². The van der Waals surface area contributed by atoms with Crippen molar-refractivity contribution in [1.82, 2.24) is 0 Å². The molecular weight excluding hydrogens is 511 g/mol. The zero-order valence-corrected chi connectivity index (χ0v) is 22.6. The van der Waals surface area contributed by atoms with Gasteiger partial charge in [-0.15, -0.1) is 0 Å². The zero-order valence-electron chi connectivity index (χ0n) is 22.6. The third kappa shape index (κ3) is 6.26. The maximum absolute atomic E-state index is 15.4. The number of carbonyl (C=O) groups is 3. The molecule has 4 rings (SSSR count). The van der Waals surface area contributed by atoms with E-state index in [0.29, 0.717) is 29.5 Å². The largest absolute Gasteiger partial charge is 0.458 e. The predicted molar refractivity (Wildman–Crippen MR) is 150 cm³/mol. The van der Waals surface area contributed by atoms with Gasteiger partial charge in [0.1, 0.15) is 11.9 Å². The second-order valence-corrected chi connectivity index (χ2v) is 9.90. The fourth-order valence-corrected chi connectivity index (χ4v) is 4.24. The lowest BCUT2D eigenvalue weighted by atomic mass is 9.97. The van der Waals surface area contributed by atoms with E-state index in [9.17, 15) is 14.4 Å². The molecule has 0 amide bonds. The number of halogens is 1. The van der Waals surface area contributed by atoms with Crippen molar-refractivity contribution in [3.8, 4) is 33.8 Å². The standard InChI is InChI=1S/C33H29FO6/c1-18(2)31(35)38-26-14-22-8-7-21(13-25(22)15-26)23-9-11-27(28(34)16-23)24-10-12-29(39-32(36)19(3)4)30(17-24)40-33(37)20(5)6/h7-13,16-17,26H,1,3,5,14-15H2,2,4,6H3. The van der Waals surface area contributed by atoms with Crippen LogP contribution in [0.15, 0.2) is 91.1 Å². The van der Waals surface area contributed by atoms with Crippen LogP contribution in [0.3, 0.4) is 0 Å². The summed E-state index contributed by atoms with van der Waals surface area (Å²) in [5.74, 6) is -2.36. The first-order chi connectivity index (χ1) is 18.9. The van der Waals surface area contributed by atoms with Crippen LogP contribution in [-0.4, -0.2) is 24.0 Å². The van der Waals surface area contributed by atoms with Gasteiger partial charge in [0, 0.05) is 35.1 Å². The Morgan fingerprint density at radius 3 is 1.85 bits per heavy atom. The molecule has 0 saturated heterocycles. The van der Waals surface area contributed by atoms with Crippen molar-refractivity contribution in [3.63, 3.8) is 0 Å². The summed E-state index contributed by atoms with van der Waals surface area (Å²) >= 11 is 0. The van der Waals surface area contributed by atoms with Crippen molar-refractivity contribution in [2.24, 2.45) is 0 Å². The molecule has 0 heterocycles. The number of benzene rings is 3. The minimum absolute atomic E-state index is 0.00578. The Hall–Kier alpha value is -4.78. The van der Waals surface area contributed by atoms with Crippen LogP contribution in [0.4, 0.5) is 4.39 Å². The van der Waals surface area contributed by atoms with Crippen molar-refractivity contribution in [1.29, 1.82) is 0 Å². The smallest absolute Gasteiger partial charge is 0.338 e. The molecule has 0 saturated carbocycles. The monoisotopic (exact) mass is 540 g/mol. The van der Waals surface area contributed by atoms with Gasteiger partial charge in [-0.3, -0.25) is 0 Å². The third-order valence-electron chi connectivity index (χ3n) is 6.38. The van der Waals surface area contributed by atoms with E-state index in [1.165, 1.54) is 32.0 Å². The fraction of sp³-hybridized carbons (Fsp3) is 0.182. The lowest BCUT2D eigenvalue weighted by molar-refractivity contribution is -0.143. The van der Waals surface area contributed by atoms with Crippen LogP contribution in [0.1, 0.15) is 31.9 Å². The third-order valence-corrected chi connectivity index (χ3v) is 6.38. The molecule has 204 valence electrons. The zero-order chi connectivity index (χ0) is 29.1. The summed E-state index contributed by atoms with van der Waals surface area (Å²) in [6.45, 7) is 15.3. The van der Waals surface area contributed by atoms with E-state index in [4.69, 9.17) is 14.2 Å². The van der Waals surface area contributed by atoms with Crippen molar-refractivity contribution in [3.05, 3.63) is 108 Å². The molecule has 3 aromatic carbocycles. The summed E-state index contributed by atoms with van der Waals surface area (Å²) < 4.78 is 31.6. The number of ether oxygens (including phenoxy) is 3. The number of rotatable bonds is 8. The molecule has 3 aromatic rings. The van der Waals surface area contributed by atoms with E-state index < -0.39 is 23.7 Å². The molecule has 6 nitrogen and oxygen atoms in total. The minimum atomic E-state index is -0.714. The molecule has 0 N–H and O–H groups in total. The molecule has 0 bridgehead atoms. The second-order valence-electron chi connectivity index (χ2n) is 9.90. The minimum Gasteiger partial charge on any atom is -0.458 e. The maximum Gasteiger partial charge on any atom is 0.338 e. The number of hydrogen-bond acceptors (Lipinski definition) is 6. The van der Waals surface area contributed by atoms with E-state index in [1.807, 2.05) is 18.2 Å². The van der Waals surface area contributed by atoms with Gasteiger partial charge in [-0.2, -0.15) is 0 Å². The number of carbonyl (C=O) groups excluding carboxylic acids is 3. The van der Waals surface area contributed by atoms with E-state index in [2.05, 4.69) is 19.7 Å². The van der Waals surface area contributed by atoms with Gasteiger partial charge in [-0.1, -0.05) is 56.1 Å². The van der Waals surface area contributed by atoms with Crippen LogP contribution >= 0.6 is 0 Å². The maximum atomic E-state index is 15.4. The average Bonchev–Trinajstić information content (AvgIpc) is 3.30. The van der Waals surface area contributed by atoms with E-state index in [0.717, 1.165) is 16.7 Å². The lowest BCUT2D eigenvalue weighted by Crippen LogP contribution is -2.18. The van der Waals surface area contributed by atoms with E-state index >= 15 is 4.39 Å². The Labute approximate surface area is 232 Å². The molecule has 1 unspecified atom stereocenters. The van der Waals surface area contributed by atoms with Gasteiger partial charge in [0.25, 0.3) is 0 Å². The first-order valence-corrected chi connectivity index (χ1v) is 12.6. The Morgan fingerprint density at radius 2 is 1.23 bits per heavy atom. The second kappa shape index (κ2) is 11.5. The first kappa shape index (κ1) is 28.2. The van der Waals surface area contributed by atoms with Gasteiger partial charge in [0.05, 0.1) is 0 Å². The van der Waals surface area contributed by atoms with Gasteiger partial charge in [-0.25, -0.2) is 18.8 Å². The Balaban J connectivity index is 1.60. The summed E-state index contributed by atoms with van der Waals surface area (Å²) in [5.41, 5.74) is 4.99. The van der Waals surface area contributed by atoms with Gasteiger partial charge >= 0.3 is 17.9 Å². The van der Waals surface area contributed by atoms with Crippen LogP contribution in [0.5, 0.6) is 11.5 Å². The highest BCUT2D eigenvalue weighted by molar-refractivity contribution is 5.91. The normalized spacial score (nSPS) is 13.7. The summed E-state index contributed by atoms with van der Waals surface area (Å²) in [6, 6.07) is 15.2. The van der Waals surface area contributed by atoms with Gasteiger partial charge in [0.2, 0.25) is 0 Å². The summed E-state index contributed by atoms with van der Waals surface area (Å²) in [7, 11) is 0. The van der Waals surface area contributed by atoms with E-state index in [1.54, 1.807) is 25.1 Å². The first-order valence-electron chi connectivity index (χ1n) is 12.6. The number of esters is 3. The lowest BCUT2D eigenvalue weighted by Gasteiger charge is -2.13. The van der Waals surface area contributed by atoms with Crippen LogP contribution in [0.25, 0.3) is 22.3 Å². The highest BCUT2D eigenvalue weighted by Gasteiger charge is 2.25. The molecule has 0 spiro atoms. The topological polar surface area (TPSA) is 78.9 Å². The Bertz CT molecular complexity index is 1580. The van der Waals surface area contributed by atoms with Crippen LogP contribution in [0.2, 0.25) is 0 Å². The Kier molecular flexibility index (Phi) is 8.14. The molecule has 0 radical (unpaired) electrons. The quantitative estimate of drug-likeness (QED) is 0.180. The number of fused-ring (bicyclic) bond motifs is 1. The number of hydrogen-bond donors (Lipinski definition) is 0. The van der Waals surface area contributed by atoms with Crippen molar-refractivity contribution >= 4 is 17.9 Å². The molecule has 7 heteroatoms. The SMILES string of the molecule is C=C(C)C(=O)Oc1ccc(-c2ccc(-c3ccc4c(c3)CC(OC(=O)C(=C)C)C4)cc2F)cc1OC(=O)C(=C)C.